The Balaban J connectivity index is 2.95. The maximum Gasteiger partial charge on any atom is 0.119 e. The predicted octanol–water partition coefficient (Wildman–Crippen LogP) is 2.04. The van der Waals surface area contributed by atoms with Gasteiger partial charge >= 0.3 is 0 Å². The van der Waals surface area contributed by atoms with Crippen molar-refractivity contribution in [2.75, 3.05) is 6.54 Å². The molecule has 1 aromatic rings. The molecule has 1 heterocycles. The zero-order chi connectivity index (χ0) is 11.5. The summed E-state index contributed by atoms with van der Waals surface area (Å²) in [4.78, 5) is 5.73. The van der Waals surface area contributed by atoms with E-state index in [0.29, 0.717) is 0 Å². The molecule has 0 aliphatic carbocycles. The lowest BCUT2D eigenvalue weighted by Crippen LogP contribution is -2.18. The van der Waals surface area contributed by atoms with Gasteiger partial charge in [0.05, 0.1) is 12.3 Å². The number of thiazole rings is 1. The molecule has 0 bridgehead atoms. The number of hydrogen-bond acceptors (Lipinski definition) is 4. The third kappa shape index (κ3) is 3.26. The van der Waals surface area contributed by atoms with Gasteiger partial charge in [0.15, 0.2) is 0 Å². The molecule has 0 atom stereocenters. The summed E-state index contributed by atoms with van der Waals surface area (Å²) in [6.07, 6.45) is 0. The smallest absolute Gasteiger partial charge is 0.119 e. The van der Waals surface area contributed by atoms with Crippen LogP contribution in [0.5, 0.6) is 0 Å². The first-order valence-electron chi connectivity index (χ1n) is 5.29. The number of nitrogens with zero attached hydrogens (tertiary/aromatic N) is 1. The standard InChI is InChI=1S/C11H20N2OS/c1-5-12-6-8-10(11(2,3)4)13-9(7-14)15-8/h12,14H,5-7H2,1-4H3. The quantitative estimate of drug-likeness (QED) is 0.829. The molecular weight excluding hydrogens is 208 g/mol. The maximum atomic E-state index is 9.09. The molecule has 0 aromatic carbocycles. The summed E-state index contributed by atoms with van der Waals surface area (Å²) in [7, 11) is 0. The Bertz CT molecular complexity index is 315. The van der Waals surface area contributed by atoms with Gasteiger partial charge in [-0.15, -0.1) is 11.3 Å². The third-order valence-corrected chi connectivity index (χ3v) is 3.16. The number of rotatable bonds is 4. The zero-order valence-corrected chi connectivity index (χ0v) is 10.7. The summed E-state index contributed by atoms with van der Waals surface area (Å²) in [6.45, 7) is 10.4. The molecule has 0 fully saturated rings. The summed E-state index contributed by atoms with van der Waals surface area (Å²) in [5, 5.41) is 13.2. The van der Waals surface area contributed by atoms with Gasteiger partial charge in [-0.3, -0.25) is 0 Å². The van der Waals surface area contributed by atoms with Gasteiger partial charge in [0.2, 0.25) is 0 Å². The number of aromatic nitrogens is 1. The van der Waals surface area contributed by atoms with Crippen molar-refractivity contribution in [2.45, 2.75) is 46.3 Å². The topological polar surface area (TPSA) is 45.1 Å². The van der Waals surface area contributed by atoms with Crippen LogP contribution in [0.15, 0.2) is 0 Å². The first-order chi connectivity index (χ1) is 6.99. The van der Waals surface area contributed by atoms with Gasteiger partial charge in [0.1, 0.15) is 5.01 Å². The minimum Gasteiger partial charge on any atom is -0.389 e. The second-order valence-electron chi connectivity index (χ2n) is 4.57. The van der Waals surface area contributed by atoms with Gasteiger partial charge < -0.3 is 10.4 Å². The minimum atomic E-state index is 0.0415. The zero-order valence-electron chi connectivity index (χ0n) is 9.92. The molecule has 0 unspecified atom stereocenters. The Morgan fingerprint density at radius 3 is 2.53 bits per heavy atom. The Labute approximate surface area is 95.6 Å². The van der Waals surface area contributed by atoms with Crippen LogP contribution in [0.4, 0.5) is 0 Å². The van der Waals surface area contributed by atoms with Crippen LogP contribution in [0.1, 0.15) is 43.3 Å². The summed E-state index contributed by atoms with van der Waals surface area (Å²) in [6, 6.07) is 0. The Kier molecular flexibility index (Phi) is 4.25. The lowest BCUT2D eigenvalue weighted by molar-refractivity contribution is 0.280. The Morgan fingerprint density at radius 1 is 1.40 bits per heavy atom. The fourth-order valence-electron chi connectivity index (χ4n) is 1.41. The molecule has 1 rings (SSSR count). The lowest BCUT2D eigenvalue weighted by atomic mass is 9.91. The van der Waals surface area contributed by atoms with Crippen molar-refractivity contribution in [2.24, 2.45) is 0 Å². The molecule has 15 heavy (non-hydrogen) atoms. The van der Waals surface area contributed by atoms with Gasteiger partial charge in [-0.2, -0.15) is 0 Å². The fraction of sp³-hybridized carbons (Fsp3) is 0.727. The molecule has 3 nitrogen and oxygen atoms in total. The van der Waals surface area contributed by atoms with Crippen LogP contribution in [0, 0.1) is 0 Å². The van der Waals surface area contributed by atoms with Crippen molar-refractivity contribution >= 4 is 11.3 Å². The van der Waals surface area contributed by atoms with E-state index in [-0.39, 0.29) is 12.0 Å². The van der Waals surface area contributed by atoms with Crippen LogP contribution >= 0.6 is 11.3 Å². The normalized spacial score (nSPS) is 12.1. The Morgan fingerprint density at radius 2 is 2.07 bits per heavy atom. The summed E-state index contributed by atoms with van der Waals surface area (Å²) >= 11 is 1.60. The van der Waals surface area contributed by atoms with E-state index in [0.717, 1.165) is 23.8 Å². The third-order valence-electron chi connectivity index (χ3n) is 2.12. The van der Waals surface area contributed by atoms with Crippen molar-refractivity contribution < 1.29 is 5.11 Å². The van der Waals surface area contributed by atoms with Crippen molar-refractivity contribution in [1.82, 2.24) is 10.3 Å². The lowest BCUT2D eigenvalue weighted by Gasteiger charge is -2.17. The summed E-state index contributed by atoms with van der Waals surface area (Å²) < 4.78 is 0. The van der Waals surface area contributed by atoms with E-state index in [1.165, 1.54) is 4.88 Å². The summed E-state index contributed by atoms with van der Waals surface area (Å²) in [5.41, 5.74) is 1.16. The average Bonchev–Trinajstić information content (AvgIpc) is 2.57. The van der Waals surface area contributed by atoms with Crippen LogP contribution in [-0.2, 0) is 18.6 Å². The number of aliphatic hydroxyl groups excluding tert-OH is 1. The van der Waals surface area contributed by atoms with Gasteiger partial charge in [0.25, 0.3) is 0 Å². The molecule has 0 amide bonds. The van der Waals surface area contributed by atoms with E-state index in [1.807, 2.05) is 0 Å². The largest absolute Gasteiger partial charge is 0.389 e. The molecule has 0 saturated heterocycles. The Hall–Kier alpha value is -0.450. The average molecular weight is 228 g/mol. The molecule has 0 aliphatic heterocycles. The van der Waals surface area contributed by atoms with Gasteiger partial charge in [0, 0.05) is 16.8 Å². The minimum absolute atomic E-state index is 0.0415. The molecule has 0 aliphatic rings. The van der Waals surface area contributed by atoms with Crippen LogP contribution in [0.2, 0.25) is 0 Å². The highest BCUT2D eigenvalue weighted by molar-refractivity contribution is 7.11. The second-order valence-corrected chi connectivity index (χ2v) is 5.74. The van der Waals surface area contributed by atoms with E-state index in [2.05, 4.69) is 38.0 Å². The molecular formula is C11H20N2OS. The van der Waals surface area contributed by atoms with E-state index in [9.17, 15) is 0 Å². The van der Waals surface area contributed by atoms with Crippen molar-refractivity contribution in [3.63, 3.8) is 0 Å². The van der Waals surface area contributed by atoms with Crippen LogP contribution < -0.4 is 5.32 Å². The number of aliphatic hydroxyl groups is 1. The van der Waals surface area contributed by atoms with E-state index < -0.39 is 0 Å². The highest BCUT2D eigenvalue weighted by Crippen LogP contribution is 2.29. The van der Waals surface area contributed by atoms with Crippen LogP contribution in [-0.4, -0.2) is 16.6 Å². The maximum absolute atomic E-state index is 9.09. The first kappa shape index (κ1) is 12.6. The van der Waals surface area contributed by atoms with E-state index in [1.54, 1.807) is 11.3 Å². The molecule has 0 saturated carbocycles. The second kappa shape index (κ2) is 5.05. The molecule has 1 aromatic heterocycles. The fourth-order valence-corrected chi connectivity index (χ4v) is 2.52. The van der Waals surface area contributed by atoms with E-state index >= 15 is 0 Å². The summed E-state index contributed by atoms with van der Waals surface area (Å²) in [5.74, 6) is 0. The van der Waals surface area contributed by atoms with Crippen molar-refractivity contribution in [3.8, 4) is 0 Å². The monoisotopic (exact) mass is 228 g/mol. The van der Waals surface area contributed by atoms with Crippen molar-refractivity contribution in [3.05, 3.63) is 15.6 Å². The number of hydrogen-bond donors (Lipinski definition) is 2. The van der Waals surface area contributed by atoms with Gasteiger partial charge in [-0.1, -0.05) is 27.7 Å². The van der Waals surface area contributed by atoms with E-state index in [4.69, 9.17) is 5.11 Å². The predicted molar refractivity (Wildman–Crippen MR) is 64.1 cm³/mol. The van der Waals surface area contributed by atoms with Crippen LogP contribution in [0.3, 0.4) is 0 Å². The molecule has 0 radical (unpaired) electrons. The first-order valence-corrected chi connectivity index (χ1v) is 6.11. The highest BCUT2D eigenvalue weighted by atomic mass is 32.1. The molecule has 4 heteroatoms. The molecule has 2 N–H and O–H groups in total. The van der Waals surface area contributed by atoms with Crippen molar-refractivity contribution in [1.29, 1.82) is 0 Å². The SMILES string of the molecule is CCNCc1sc(CO)nc1C(C)(C)C. The molecule has 86 valence electrons. The van der Waals surface area contributed by atoms with Gasteiger partial charge in [-0.05, 0) is 6.54 Å². The van der Waals surface area contributed by atoms with Crippen LogP contribution in [0.25, 0.3) is 0 Å². The highest BCUT2D eigenvalue weighted by Gasteiger charge is 2.22. The molecule has 0 spiro atoms. The number of nitrogens with one attached hydrogen (secondary N) is 1. The van der Waals surface area contributed by atoms with Gasteiger partial charge in [-0.25, -0.2) is 4.98 Å².